The van der Waals surface area contributed by atoms with Crippen LogP contribution < -0.4 is 0 Å². The molecule has 0 N–H and O–H groups in total. The Kier molecular flexibility index (Phi) is 2.44. The molecule has 82 valence electrons. The van der Waals surface area contributed by atoms with E-state index in [9.17, 15) is 0 Å². The predicted octanol–water partition coefficient (Wildman–Crippen LogP) is 5.20. The van der Waals surface area contributed by atoms with Crippen molar-refractivity contribution in [1.82, 2.24) is 0 Å². The lowest BCUT2D eigenvalue weighted by molar-refractivity contribution is 1.78. The number of rotatable bonds is 0. The third-order valence-corrected chi connectivity index (χ3v) is 3.39. The fraction of sp³-hybridized carbons (Fsp3) is 0. The average Bonchev–Trinajstić information content (AvgIpc) is 2.36. The highest BCUT2D eigenvalue weighted by atomic mass is 127. The smallest absolute Gasteiger partial charge is 0.00268 e. The quantitative estimate of drug-likeness (QED) is 0.307. The van der Waals surface area contributed by atoms with Crippen LogP contribution in [0.25, 0.3) is 32.3 Å². The summed E-state index contributed by atoms with van der Waals surface area (Å²) in [6, 6.07) is 21.9. The molecule has 0 aliphatic rings. The number of halogens is 1. The van der Waals surface area contributed by atoms with Crippen molar-refractivity contribution in [2.45, 2.75) is 0 Å². The Morgan fingerprint density at radius 1 is 0.412 bits per heavy atom. The summed E-state index contributed by atoms with van der Waals surface area (Å²) >= 11 is 0. The lowest BCUT2D eigenvalue weighted by atomic mass is 9.95. The summed E-state index contributed by atoms with van der Waals surface area (Å²) in [5, 5.41) is 8.14. The molecule has 0 aliphatic heterocycles. The summed E-state index contributed by atoms with van der Waals surface area (Å²) in [6.07, 6.45) is 0. The maximum atomic E-state index is 2.21. The summed E-state index contributed by atoms with van der Waals surface area (Å²) in [5.74, 6) is 0. The molecule has 17 heavy (non-hydrogen) atoms. The van der Waals surface area contributed by atoms with E-state index >= 15 is 0 Å². The van der Waals surface area contributed by atoms with E-state index in [2.05, 4.69) is 60.7 Å². The lowest BCUT2D eigenvalue weighted by Crippen LogP contribution is -1.82. The molecule has 0 bridgehead atoms. The Hall–Kier alpha value is -1.35. The molecule has 0 aliphatic carbocycles. The van der Waals surface area contributed by atoms with Gasteiger partial charge in [0.25, 0.3) is 0 Å². The van der Waals surface area contributed by atoms with Crippen molar-refractivity contribution < 1.29 is 0 Å². The van der Waals surface area contributed by atoms with Crippen LogP contribution >= 0.6 is 24.0 Å². The van der Waals surface area contributed by atoms with Gasteiger partial charge in [-0.3, -0.25) is 0 Å². The van der Waals surface area contributed by atoms with Crippen molar-refractivity contribution in [2.24, 2.45) is 0 Å². The normalized spacial score (nSPS) is 11.1. The second-order valence-electron chi connectivity index (χ2n) is 4.29. The van der Waals surface area contributed by atoms with E-state index in [1.807, 2.05) is 0 Å². The summed E-state index contributed by atoms with van der Waals surface area (Å²) in [5.41, 5.74) is 0. The molecule has 0 aromatic heterocycles. The molecule has 0 fully saturated rings. The molecule has 0 saturated carbocycles. The maximum Gasteiger partial charge on any atom is -0.00268 e. The van der Waals surface area contributed by atoms with Gasteiger partial charge in [-0.1, -0.05) is 60.7 Å². The lowest BCUT2D eigenvalue weighted by Gasteiger charge is -2.09. The minimum absolute atomic E-state index is 0. The van der Waals surface area contributed by atoms with Crippen LogP contribution in [0.2, 0.25) is 0 Å². The largest absolute Gasteiger partial charge is 0.107 e. The SMILES string of the molecule is I.c1cc2ccc3cccc4ccc(c1)c2c34. The van der Waals surface area contributed by atoms with Gasteiger partial charge in [-0.2, -0.15) is 0 Å². The molecule has 0 heterocycles. The van der Waals surface area contributed by atoms with Gasteiger partial charge in [-0.05, 0) is 32.3 Å². The first kappa shape index (κ1) is 10.8. The van der Waals surface area contributed by atoms with E-state index in [0.717, 1.165) is 0 Å². The standard InChI is InChI=1S/C16H10.HI/c1-3-11-7-9-13-5-2-6-14-10-8-12(4-1)15(11)16(13)14;/h1-10H;1H. The molecule has 0 spiro atoms. The highest BCUT2D eigenvalue weighted by Gasteiger charge is 2.05. The Labute approximate surface area is 117 Å². The molecule has 0 nitrogen and oxygen atoms in total. The molecule has 0 radical (unpaired) electrons. The van der Waals surface area contributed by atoms with Crippen molar-refractivity contribution in [2.75, 3.05) is 0 Å². The summed E-state index contributed by atoms with van der Waals surface area (Å²) < 4.78 is 0. The van der Waals surface area contributed by atoms with E-state index < -0.39 is 0 Å². The predicted molar refractivity (Wildman–Crippen MR) is 85.6 cm³/mol. The van der Waals surface area contributed by atoms with Gasteiger partial charge in [0.1, 0.15) is 0 Å². The van der Waals surface area contributed by atoms with E-state index in [0.29, 0.717) is 0 Å². The van der Waals surface area contributed by atoms with Gasteiger partial charge in [0.15, 0.2) is 0 Å². The van der Waals surface area contributed by atoms with Crippen LogP contribution in [-0.2, 0) is 0 Å². The molecule has 0 unspecified atom stereocenters. The molecular formula is C16H11I. The fourth-order valence-corrected chi connectivity index (χ4v) is 2.67. The van der Waals surface area contributed by atoms with Crippen molar-refractivity contribution in [3.63, 3.8) is 0 Å². The zero-order chi connectivity index (χ0) is 10.5. The monoisotopic (exact) mass is 330 g/mol. The van der Waals surface area contributed by atoms with Crippen LogP contribution in [-0.4, -0.2) is 0 Å². The number of hydrogen-bond acceptors (Lipinski definition) is 0. The number of hydrogen-bond donors (Lipinski definition) is 0. The first-order valence-corrected chi connectivity index (χ1v) is 5.56. The molecule has 1 heteroatoms. The van der Waals surface area contributed by atoms with Gasteiger partial charge in [0.2, 0.25) is 0 Å². The Bertz CT molecular complexity index is 672. The van der Waals surface area contributed by atoms with Crippen molar-refractivity contribution in [3.05, 3.63) is 60.7 Å². The minimum Gasteiger partial charge on any atom is -0.107 e. The molecule has 4 aromatic rings. The van der Waals surface area contributed by atoms with E-state index in [-0.39, 0.29) is 24.0 Å². The molecular weight excluding hydrogens is 319 g/mol. The van der Waals surface area contributed by atoms with Crippen molar-refractivity contribution in [3.8, 4) is 0 Å². The number of benzene rings is 4. The van der Waals surface area contributed by atoms with E-state index in [1.54, 1.807) is 0 Å². The van der Waals surface area contributed by atoms with Crippen LogP contribution in [0.5, 0.6) is 0 Å². The Morgan fingerprint density at radius 2 is 0.706 bits per heavy atom. The Morgan fingerprint density at radius 3 is 1.00 bits per heavy atom. The highest BCUT2D eigenvalue weighted by molar-refractivity contribution is 14.0. The topological polar surface area (TPSA) is 0 Å². The average molecular weight is 330 g/mol. The first-order valence-electron chi connectivity index (χ1n) is 5.56. The summed E-state index contributed by atoms with van der Waals surface area (Å²) in [4.78, 5) is 0. The van der Waals surface area contributed by atoms with Crippen LogP contribution in [0.1, 0.15) is 0 Å². The molecule has 4 rings (SSSR count). The van der Waals surface area contributed by atoms with Crippen molar-refractivity contribution in [1.29, 1.82) is 0 Å². The zero-order valence-corrected chi connectivity index (χ0v) is 11.5. The van der Waals surface area contributed by atoms with Crippen LogP contribution in [0.15, 0.2) is 60.7 Å². The third-order valence-electron chi connectivity index (χ3n) is 3.39. The van der Waals surface area contributed by atoms with Gasteiger partial charge >= 0.3 is 0 Å². The first-order chi connectivity index (χ1) is 7.93. The minimum atomic E-state index is 0. The second kappa shape index (κ2) is 3.84. The fourth-order valence-electron chi connectivity index (χ4n) is 2.67. The maximum absolute atomic E-state index is 2.21. The summed E-state index contributed by atoms with van der Waals surface area (Å²) in [7, 11) is 0. The van der Waals surface area contributed by atoms with Crippen molar-refractivity contribution >= 4 is 56.3 Å². The van der Waals surface area contributed by atoms with E-state index in [1.165, 1.54) is 32.3 Å². The third kappa shape index (κ3) is 1.42. The molecule has 0 amide bonds. The second-order valence-corrected chi connectivity index (χ2v) is 4.29. The van der Waals surface area contributed by atoms with Gasteiger partial charge in [0.05, 0.1) is 0 Å². The summed E-state index contributed by atoms with van der Waals surface area (Å²) in [6.45, 7) is 0. The van der Waals surface area contributed by atoms with Crippen LogP contribution in [0.3, 0.4) is 0 Å². The van der Waals surface area contributed by atoms with Gasteiger partial charge in [-0.25, -0.2) is 0 Å². The van der Waals surface area contributed by atoms with Gasteiger partial charge in [-0.15, -0.1) is 24.0 Å². The Balaban J connectivity index is 0.000000902. The van der Waals surface area contributed by atoms with Crippen LogP contribution in [0, 0.1) is 0 Å². The van der Waals surface area contributed by atoms with E-state index in [4.69, 9.17) is 0 Å². The van der Waals surface area contributed by atoms with Gasteiger partial charge < -0.3 is 0 Å². The molecule has 0 atom stereocenters. The highest BCUT2D eigenvalue weighted by Crippen LogP contribution is 2.33. The van der Waals surface area contributed by atoms with Crippen LogP contribution in [0.4, 0.5) is 0 Å². The van der Waals surface area contributed by atoms with Gasteiger partial charge in [0, 0.05) is 0 Å². The zero-order valence-electron chi connectivity index (χ0n) is 9.18. The molecule has 0 saturated heterocycles. The molecule has 4 aromatic carbocycles.